The van der Waals surface area contributed by atoms with Gasteiger partial charge in [-0.05, 0) is 26.0 Å². The fourth-order valence-corrected chi connectivity index (χ4v) is 1.96. The first kappa shape index (κ1) is 13.6. The van der Waals surface area contributed by atoms with Gasteiger partial charge in [0.15, 0.2) is 5.82 Å². The lowest BCUT2D eigenvalue weighted by atomic mass is 10.2. The molecule has 0 amide bonds. The summed E-state index contributed by atoms with van der Waals surface area (Å²) in [7, 11) is 0. The van der Waals surface area contributed by atoms with Crippen LogP contribution in [0.5, 0.6) is 0 Å². The summed E-state index contributed by atoms with van der Waals surface area (Å²) >= 11 is 0. The normalized spacial score (nSPS) is 13.6. The third kappa shape index (κ3) is 2.34. The van der Waals surface area contributed by atoms with Crippen molar-refractivity contribution in [1.29, 1.82) is 5.41 Å². The highest BCUT2D eigenvalue weighted by Gasteiger charge is 2.21. The Balaban J connectivity index is 0.00000133. The highest BCUT2D eigenvalue weighted by atomic mass is 35.5. The molecular weight excluding hydrogens is 262 g/mol. The van der Waals surface area contributed by atoms with Gasteiger partial charge in [-0.25, -0.2) is 4.98 Å². The van der Waals surface area contributed by atoms with E-state index in [4.69, 9.17) is 5.41 Å². The summed E-state index contributed by atoms with van der Waals surface area (Å²) in [6.07, 6.45) is 0. The van der Waals surface area contributed by atoms with Crippen LogP contribution >= 0.6 is 12.4 Å². The minimum absolute atomic E-state index is 0. The Kier molecular flexibility index (Phi) is 3.59. The molecule has 2 heterocycles. The molecule has 100 valence electrons. The summed E-state index contributed by atoms with van der Waals surface area (Å²) in [6.45, 7) is 4.13. The van der Waals surface area contributed by atoms with Gasteiger partial charge in [-0.3, -0.25) is 16.3 Å². The molecule has 0 saturated carbocycles. The molecule has 1 aromatic carbocycles. The highest BCUT2D eigenvalue weighted by Crippen LogP contribution is 2.24. The Labute approximate surface area is 117 Å². The van der Waals surface area contributed by atoms with E-state index in [1.54, 1.807) is 0 Å². The second kappa shape index (κ2) is 5.03. The van der Waals surface area contributed by atoms with Gasteiger partial charge >= 0.3 is 0 Å². The van der Waals surface area contributed by atoms with Crippen LogP contribution in [-0.2, 0) is 0 Å². The molecule has 5 nitrogen and oxygen atoms in total. The number of fused-ring (bicyclic) bond motifs is 2. The van der Waals surface area contributed by atoms with E-state index in [1.165, 1.54) is 0 Å². The van der Waals surface area contributed by atoms with E-state index < -0.39 is 0 Å². The average Bonchev–Trinajstić information content (AvgIpc) is 2.71. The maximum atomic E-state index is 8.12. The molecule has 1 aliphatic heterocycles. The molecule has 0 aliphatic carbocycles. The molecule has 0 saturated heterocycles. The van der Waals surface area contributed by atoms with Crippen LogP contribution in [-0.4, -0.2) is 16.1 Å². The van der Waals surface area contributed by atoms with Crippen LogP contribution in [0.15, 0.2) is 30.3 Å². The van der Waals surface area contributed by atoms with Crippen molar-refractivity contribution in [2.75, 3.05) is 10.9 Å². The molecule has 0 unspecified atom stereocenters. The molecule has 6 heteroatoms. The van der Waals surface area contributed by atoms with Crippen LogP contribution in [0.4, 0.5) is 11.5 Å². The molecule has 0 radical (unpaired) electrons. The smallest absolute Gasteiger partial charge is 0.169 e. The van der Waals surface area contributed by atoms with E-state index in [0.717, 1.165) is 16.6 Å². The van der Waals surface area contributed by atoms with E-state index in [-0.39, 0.29) is 18.4 Å². The first-order valence-corrected chi connectivity index (χ1v) is 5.96. The zero-order chi connectivity index (χ0) is 12.7. The minimum atomic E-state index is 0. The minimum Gasteiger partial charge on any atom is -0.299 e. The molecule has 3 N–H and O–H groups in total. The summed E-state index contributed by atoms with van der Waals surface area (Å²) in [6, 6.07) is 9.93. The Hall–Kier alpha value is -1.85. The van der Waals surface area contributed by atoms with Gasteiger partial charge in [0.05, 0.1) is 10.9 Å². The predicted octanol–water partition coefficient (Wildman–Crippen LogP) is 2.51. The summed E-state index contributed by atoms with van der Waals surface area (Å²) in [5.74, 6) is 0.704. The first-order valence-electron chi connectivity index (χ1n) is 5.96. The Morgan fingerprint density at radius 2 is 1.95 bits per heavy atom. The van der Waals surface area contributed by atoms with Gasteiger partial charge in [-0.15, -0.1) is 17.5 Å². The Morgan fingerprint density at radius 1 is 1.21 bits per heavy atom. The van der Waals surface area contributed by atoms with Crippen LogP contribution in [0, 0.1) is 5.41 Å². The number of aromatic nitrogens is 1. The molecular formula is C13H16ClN5. The zero-order valence-corrected chi connectivity index (χ0v) is 11.6. The van der Waals surface area contributed by atoms with E-state index in [9.17, 15) is 0 Å². The summed E-state index contributed by atoms with van der Waals surface area (Å²) in [4.78, 5) is 4.58. The highest BCUT2D eigenvalue weighted by molar-refractivity contribution is 5.85. The molecule has 0 spiro atoms. The van der Waals surface area contributed by atoms with Crippen molar-refractivity contribution in [1.82, 2.24) is 10.1 Å². The number of rotatable bonds is 1. The number of anilines is 2. The van der Waals surface area contributed by atoms with Gasteiger partial charge in [0, 0.05) is 11.4 Å². The lowest BCUT2D eigenvalue weighted by molar-refractivity contribution is 0.337. The van der Waals surface area contributed by atoms with E-state index in [0.29, 0.717) is 11.2 Å². The second-order valence-electron chi connectivity index (χ2n) is 4.64. The van der Waals surface area contributed by atoms with Crippen LogP contribution in [0.1, 0.15) is 13.8 Å². The topological polar surface area (TPSA) is 64.0 Å². The number of para-hydroxylation sites is 1. The molecule has 1 aliphatic rings. The van der Waals surface area contributed by atoms with Crippen LogP contribution in [0.25, 0.3) is 10.9 Å². The van der Waals surface area contributed by atoms with Gasteiger partial charge in [-0.2, -0.15) is 0 Å². The van der Waals surface area contributed by atoms with Crippen molar-refractivity contribution < 1.29 is 0 Å². The number of halogens is 1. The van der Waals surface area contributed by atoms with Crippen molar-refractivity contribution in [3.63, 3.8) is 0 Å². The maximum absolute atomic E-state index is 8.12. The second-order valence-corrected chi connectivity index (χ2v) is 4.64. The molecule has 19 heavy (non-hydrogen) atoms. The van der Waals surface area contributed by atoms with Crippen molar-refractivity contribution in [3.05, 3.63) is 35.7 Å². The summed E-state index contributed by atoms with van der Waals surface area (Å²) in [5.41, 5.74) is 7.95. The quantitative estimate of drug-likeness (QED) is 0.749. The van der Waals surface area contributed by atoms with Crippen molar-refractivity contribution in [2.45, 2.75) is 19.9 Å². The lowest BCUT2D eigenvalue weighted by Crippen LogP contribution is -2.36. The largest absolute Gasteiger partial charge is 0.299 e. The monoisotopic (exact) mass is 277 g/mol. The zero-order valence-electron chi connectivity index (χ0n) is 10.8. The van der Waals surface area contributed by atoms with Crippen molar-refractivity contribution in [3.8, 4) is 0 Å². The number of benzene rings is 1. The standard InChI is InChI=1S/C13H15N5.ClH/c1-8(2)18-16-12-10(14)7-9-5-3-4-6-11(9)15-13(12)17-18;/h3-8,14,16-17H,1-2H3;1H. The van der Waals surface area contributed by atoms with Crippen LogP contribution in [0.3, 0.4) is 0 Å². The molecule has 0 atom stereocenters. The fraction of sp³-hybridized carbons (Fsp3) is 0.231. The van der Waals surface area contributed by atoms with Gasteiger partial charge in [-0.1, -0.05) is 18.2 Å². The maximum Gasteiger partial charge on any atom is 0.169 e. The van der Waals surface area contributed by atoms with E-state index >= 15 is 0 Å². The third-order valence-electron chi connectivity index (χ3n) is 2.95. The number of hydrazine groups is 2. The summed E-state index contributed by atoms with van der Waals surface area (Å²) in [5, 5.41) is 11.4. The van der Waals surface area contributed by atoms with E-state index in [1.807, 2.05) is 35.4 Å². The van der Waals surface area contributed by atoms with E-state index in [2.05, 4.69) is 29.7 Å². The van der Waals surface area contributed by atoms with Gasteiger partial charge in [0.1, 0.15) is 5.69 Å². The SMILES string of the molecule is CC(C)N1Nc2nc3ccccc3cc(=N)c2N1.Cl. The lowest BCUT2D eigenvalue weighted by Gasteiger charge is -2.20. The molecule has 2 aromatic rings. The van der Waals surface area contributed by atoms with Gasteiger partial charge in [0.2, 0.25) is 0 Å². The number of nitrogens with one attached hydrogen (secondary N) is 3. The number of hydrogen-bond acceptors (Lipinski definition) is 5. The summed E-state index contributed by atoms with van der Waals surface area (Å²) < 4.78 is 0. The average molecular weight is 278 g/mol. The van der Waals surface area contributed by atoms with Crippen LogP contribution < -0.4 is 16.2 Å². The third-order valence-corrected chi connectivity index (χ3v) is 2.95. The predicted molar refractivity (Wildman–Crippen MR) is 79.1 cm³/mol. The number of nitrogens with zero attached hydrogens (tertiary/aromatic N) is 2. The molecule has 0 fully saturated rings. The van der Waals surface area contributed by atoms with Gasteiger partial charge in [0.25, 0.3) is 0 Å². The van der Waals surface area contributed by atoms with Crippen LogP contribution in [0.2, 0.25) is 0 Å². The first-order chi connectivity index (χ1) is 8.65. The molecule has 0 bridgehead atoms. The van der Waals surface area contributed by atoms with Gasteiger partial charge < -0.3 is 0 Å². The fourth-order valence-electron chi connectivity index (χ4n) is 1.96. The van der Waals surface area contributed by atoms with Crippen molar-refractivity contribution in [2.24, 2.45) is 0 Å². The Bertz CT molecular complexity index is 671. The molecule has 3 rings (SSSR count). The molecule has 1 aromatic heterocycles. The van der Waals surface area contributed by atoms with Crippen molar-refractivity contribution >= 4 is 34.8 Å². The number of hydrogen-bond donors (Lipinski definition) is 3. The Morgan fingerprint density at radius 3 is 2.68 bits per heavy atom.